The number of nitrogens with two attached hydrogens (primary N) is 1. The van der Waals surface area contributed by atoms with Crippen molar-refractivity contribution in [1.29, 1.82) is 5.41 Å². The van der Waals surface area contributed by atoms with Crippen molar-refractivity contribution < 1.29 is 4.74 Å². The molecule has 0 radical (unpaired) electrons. The second kappa shape index (κ2) is 6.01. The maximum atomic E-state index is 8.55. The zero-order valence-electron chi connectivity index (χ0n) is 13.6. The van der Waals surface area contributed by atoms with Crippen LogP contribution in [0.15, 0.2) is 24.3 Å². The van der Waals surface area contributed by atoms with Gasteiger partial charge in [0.15, 0.2) is 0 Å². The van der Waals surface area contributed by atoms with Crippen LogP contribution in [0.3, 0.4) is 0 Å². The Morgan fingerprint density at radius 2 is 1.91 bits per heavy atom. The van der Waals surface area contributed by atoms with E-state index in [4.69, 9.17) is 15.9 Å². The van der Waals surface area contributed by atoms with Crippen molar-refractivity contribution in [2.24, 2.45) is 11.7 Å². The molecule has 1 aromatic carbocycles. The zero-order valence-corrected chi connectivity index (χ0v) is 13.6. The molecule has 2 unspecified atom stereocenters. The molecule has 0 spiro atoms. The summed E-state index contributed by atoms with van der Waals surface area (Å²) in [4.78, 5) is 2.06. The van der Waals surface area contributed by atoms with Crippen LogP contribution in [0, 0.1) is 11.3 Å². The third-order valence-corrected chi connectivity index (χ3v) is 5.37. The molecule has 22 heavy (non-hydrogen) atoms. The summed E-state index contributed by atoms with van der Waals surface area (Å²) >= 11 is 0. The average molecular weight is 301 g/mol. The van der Waals surface area contributed by atoms with Crippen molar-refractivity contribution in [3.8, 4) is 0 Å². The highest BCUT2D eigenvalue weighted by Gasteiger charge is 2.42. The van der Waals surface area contributed by atoms with Gasteiger partial charge in [0.2, 0.25) is 0 Å². The second-order valence-electron chi connectivity index (χ2n) is 6.83. The standard InChI is InChI=1S/C18H27N3O/c1-18(20,13-8-4-3-5-9-13)21-15-11-7-6-10-14(15)16(22-2)12-17(21)19/h6-7,10-11,13,16,19H,3-5,8-9,12,20H2,1-2H3. The normalized spacial score (nSPS) is 25.7. The highest BCUT2D eigenvalue weighted by atomic mass is 16.5. The van der Waals surface area contributed by atoms with Gasteiger partial charge in [0.1, 0.15) is 5.84 Å². The summed E-state index contributed by atoms with van der Waals surface area (Å²) in [6, 6.07) is 8.23. The van der Waals surface area contributed by atoms with Crippen molar-refractivity contribution in [2.45, 2.75) is 57.2 Å². The van der Waals surface area contributed by atoms with E-state index in [0.29, 0.717) is 18.2 Å². The van der Waals surface area contributed by atoms with Crippen molar-refractivity contribution in [3.05, 3.63) is 29.8 Å². The Balaban J connectivity index is 2.00. The Morgan fingerprint density at radius 1 is 1.23 bits per heavy atom. The Morgan fingerprint density at radius 3 is 2.59 bits per heavy atom. The molecule has 3 rings (SSSR count). The van der Waals surface area contributed by atoms with Crippen molar-refractivity contribution in [2.75, 3.05) is 12.0 Å². The number of nitrogens with zero attached hydrogens (tertiary/aromatic N) is 1. The monoisotopic (exact) mass is 301 g/mol. The second-order valence-corrected chi connectivity index (χ2v) is 6.83. The number of hydrogen-bond donors (Lipinski definition) is 2. The van der Waals surface area contributed by atoms with Gasteiger partial charge in [-0.05, 0) is 31.7 Å². The molecule has 0 bridgehead atoms. The fraction of sp³-hybridized carbons (Fsp3) is 0.611. The fourth-order valence-corrected chi connectivity index (χ4v) is 4.12. The molecule has 120 valence electrons. The number of amidine groups is 1. The van der Waals surface area contributed by atoms with E-state index in [2.05, 4.69) is 24.0 Å². The maximum absolute atomic E-state index is 8.55. The minimum atomic E-state index is -0.508. The molecule has 2 atom stereocenters. The summed E-state index contributed by atoms with van der Waals surface area (Å²) in [6.07, 6.45) is 6.68. The van der Waals surface area contributed by atoms with Crippen LogP contribution in [0.25, 0.3) is 0 Å². The van der Waals surface area contributed by atoms with Gasteiger partial charge < -0.3 is 15.4 Å². The van der Waals surface area contributed by atoms with E-state index >= 15 is 0 Å². The van der Waals surface area contributed by atoms with E-state index in [1.165, 1.54) is 19.3 Å². The van der Waals surface area contributed by atoms with Gasteiger partial charge in [-0.3, -0.25) is 5.41 Å². The van der Waals surface area contributed by atoms with Crippen LogP contribution in [-0.2, 0) is 4.74 Å². The molecular formula is C18H27N3O. The van der Waals surface area contributed by atoms with Gasteiger partial charge in [-0.1, -0.05) is 37.5 Å². The lowest BCUT2D eigenvalue weighted by atomic mass is 9.79. The summed E-state index contributed by atoms with van der Waals surface area (Å²) < 4.78 is 5.59. The molecule has 4 nitrogen and oxygen atoms in total. The SMILES string of the molecule is COC1CC(=N)N(C(C)(N)C2CCCCC2)c2ccccc21. The molecule has 4 heteroatoms. The highest BCUT2D eigenvalue weighted by Crippen LogP contribution is 2.42. The number of para-hydroxylation sites is 1. The summed E-state index contributed by atoms with van der Waals surface area (Å²) in [5.41, 5.74) is 8.48. The number of anilines is 1. The first kappa shape index (κ1) is 15.5. The minimum absolute atomic E-state index is 0.0397. The topological polar surface area (TPSA) is 62.3 Å². The first-order valence-electron chi connectivity index (χ1n) is 8.34. The van der Waals surface area contributed by atoms with E-state index in [1.807, 2.05) is 12.1 Å². The van der Waals surface area contributed by atoms with Gasteiger partial charge in [0, 0.05) is 24.8 Å². The molecule has 3 N–H and O–H groups in total. The van der Waals surface area contributed by atoms with Gasteiger partial charge in [-0.25, -0.2) is 0 Å². The van der Waals surface area contributed by atoms with Gasteiger partial charge in [-0.2, -0.15) is 0 Å². The smallest absolute Gasteiger partial charge is 0.105 e. The molecule has 1 aromatic rings. The van der Waals surface area contributed by atoms with Gasteiger partial charge in [0.05, 0.1) is 11.8 Å². The van der Waals surface area contributed by atoms with Crippen LogP contribution >= 0.6 is 0 Å². The summed E-state index contributed by atoms with van der Waals surface area (Å²) in [5, 5.41) is 8.55. The van der Waals surface area contributed by atoms with Crippen molar-refractivity contribution >= 4 is 11.5 Å². The zero-order chi connectivity index (χ0) is 15.7. The summed E-state index contributed by atoms with van der Waals surface area (Å²) in [7, 11) is 1.72. The number of ether oxygens (including phenoxy) is 1. The van der Waals surface area contributed by atoms with Crippen molar-refractivity contribution in [3.63, 3.8) is 0 Å². The lowest BCUT2D eigenvalue weighted by Gasteiger charge is -2.49. The van der Waals surface area contributed by atoms with Crippen LogP contribution in [0.5, 0.6) is 0 Å². The van der Waals surface area contributed by atoms with Crippen LogP contribution in [0.1, 0.15) is 57.1 Å². The van der Waals surface area contributed by atoms with Crippen LogP contribution in [0.4, 0.5) is 5.69 Å². The Bertz CT molecular complexity index is 549. The summed E-state index contributed by atoms with van der Waals surface area (Å²) in [6.45, 7) is 2.10. The van der Waals surface area contributed by atoms with E-state index in [9.17, 15) is 0 Å². The predicted octanol–water partition coefficient (Wildman–Crippen LogP) is 3.82. The lowest BCUT2D eigenvalue weighted by Crippen LogP contribution is -2.62. The predicted molar refractivity (Wildman–Crippen MR) is 90.2 cm³/mol. The quantitative estimate of drug-likeness (QED) is 0.892. The Hall–Kier alpha value is -1.39. The molecule has 0 aromatic heterocycles. The maximum Gasteiger partial charge on any atom is 0.105 e. The van der Waals surface area contributed by atoms with E-state index in [0.717, 1.165) is 24.1 Å². The number of benzene rings is 1. The number of nitrogens with one attached hydrogen (secondary N) is 1. The fourth-order valence-electron chi connectivity index (χ4n) is 4.12. The molecule has 0 saturated heterocycles. The van der Waals surface area contributed by atoms with Crippen LogP contribution < -0.4 is 10.6 Å². The Kier molecular flexibility index (Phi) is 4.24. The number of methoxy groups -OCH3 is 1. The van der Waals surface area contributed by atoms with Gasteiger partial charge in [0.25, 0.3) is 0 Å². The number of rotatable bonds is 3. The lowest BCUT2D eigenvalue weighted by molar-refractivity contribution is 0.105. The first-order valence-corrected chi connectivity index (χ1v) is 8.34. The van der Waals surface area contributed by atoms with Crippen LogP contribution in [0.2, 0.25) is 0 Å². The first-order chi connectivity index (χ1) is 10.6. The molecule has 1 saturated carbocycles. The molecule has 1 aliphatic heterocycles. The van der Waals surface area contributed by atoms with E-state index < -0.39 is 5.66 Å². The largest absolute Gasteiger partial charge is 0.376 e. The highest BCUT2D eigenvalue weighted by molar-refractivity contribution is 6.00. The van der Waals surface area contributed by atoms with Crippen LogP contribution in [-0.4, -0.2) is 18.6 Å². The third kappa shape index (κ3) is 2.55. The Labute approximate surface area is 133 Å². The minimum Gasteiger partial charge on any atom is -0.376 e. The molecule has 1 fully saturated rings. The molecule has 1 heterocycles. The number of fused-ring (bicyclic) bond motifs is 1. The molecule has 0 amide bonds. The molecule has 2 aliphatic rings. The van der Waals surface area contributed by atoms with E-state index in [-0.39, 0.29) is 6.10 Å². The summed E-state index contributed by atoms with van der Waals surface area (Å²) in [5.74, 6) is 1.01. The van der Waals surface area contributed by atoms with E-state index in [1.54, 1.807) is 7.11 Å². The van der Waals surface area contributed by atoms with Crippen molar-refractivity contribution in [1.82, 2.24) is 0 Å². The number of hydrogen-bond acceptors (Lipinski definition) is 3. The van der Waals surface area contributed by atoms with Gasteiger partial charge >= 0.3 is 0 Å². The molecule has 1 aliphatic carbocycles. The van der Waals surface area contributed by atoms with Gasteiger partial charge in [-0.15, -0.1) is 0 Å². The molecular weight excluding hydrogens is 274 g/mol. The third-order valence-electron chi connectivity index (χ3n) is 5.37. The average Bonchev–Trinajstić information content (AvgIpc) is 2.54.